The van der Waals surface area contributed by atoms with Crippen LogP contribution in [0.1, 0.15) is 35.0 Å². The number of thiophene rings is 1. The summed E-state index contributed by atoms with van der Waals surface area (Å²) in [7, 11) is 0. The zero-order chi connectivity index (χ0) is 19.2. The Morgan fingerprint density at radius 1 is 1.19 bits per heavy atom. The molecule has 5 rings (SSSR count). The van der Waals surface area contributed by atoms with Crippen LogP contribution < -0.4 is 5.32 Å². The molecule has 0 spiro atoms. The van der Waals surface area contributed by atoms with E-state index in [2.05, 4.69) is 17.1 Å². The standard InChI is InChI=1S/C20H21F3N2OS/c1-12-18(13-7-9-25(12)10-8-13)24-19(26)17-6-5-16(27-17)14-3-2-4-15(11-14)20(21,22)23/h2-6,11-13,18H,7-10H2,1H3,(H,24,26). The Morgan fingerprint density at radius 2 is 1.93 bits per heavy atom. The summed E-state index contributed by atoms with van der Waals surface area (Å²) in [5, 5.41) is 3.17. The average molecular weight is 394 g/mol. The van der Waals surface area contributed by atoms with Gasteiger partial charge in [0, 0.05) is 17.0 Å². The predicted octanol–water partition coefficient (Wildman–Crippen LogP) is 4.65. The molecule has 2 atom stereocenters. The smallest absolute Gasteiger partial charge is 0.347 e. The molecule has 27 heavy (non-hydrogen) atoms. The Labute approximate surface area is 160 Å². The summed E-state index contributed by atoms with van der Waals surface area (Å²) in [6.45, 7) is 4.34. The number of fused-ring (bicyclic) bond motifs is 3. The van der Waals surface area contributed by atoms with Gasteiger partial charge in [-0.25, -0.2) is 0 Å². The summed E-state index contributed by atoms with van der Waals surface area (Å²) in [6.07, 6.45) is -2.16. The number of halogens is 3. The predicted molar refractivity (Wildman–Crippen MR) is 99.8 cm³/mol. The second-order valence-corrected chi connectivity index (χ2v) is 8.44. The first-order valence-corrected chi connectivity index (χ1v) is 9.97. The number of amides is 1. The number of hydrogen-bond acceptors (Lipinski definition) is 3. The van der Waals surface area contributed by atoms with Crippen molar-refractivity contribution in [2.24, 2.45) is 5.92 Å². The van der Waals surface area contributed by atoms with Gasteiger partial charge < -0.3 is 5.32 Å². The fraction of sp³-hybridized carbons (Fsp3) is 0.450. The third kappa shape index (κ3) is 3.62. The van der Waals surface area contributed by atoms with Crippen molar-refractivity contribution < 1.29 is 18.0 Å². The van der Waals surface area contributed by atoms with E-state index >= 15 is 0 Å². The first-order chi connectivity index (χ1) is 12.8. The van der Waals surface area contributed by atoms with E-state index in [4.69, 9.17) is 0 Å². The molecule has 3 saturated heterocycles. The number of rotatable bonds is 3. The summed E-state index contributed by atoms with van der Waals surface area (Å²) in [6, 6.07) is 9.09. The van der Waals surface area contributed by atoms with Gasteiger partial charge in [0.15, 0.2) is 0 Å². The van der Waals surface area contributed by atoms with Crippen molar-refractivity contribution in [3.8, 4) is 10.4 Å². The van der Waals surface area contributed by atoms with Crippen LogP contribution in [0.4, 0.5) is 13.2 Å². The van der Waals surface area contributed by atoms with E-state index in [1.807, 2.05) is 0 Å². The van der Waals surface area contributed by atoms with Crippen LogP contribution in [-0.2, 0) is 6.18 Å². The van der Waals surface area contributed by atoms with E-state index in [1.165, 1.54) is 17.4 Å². The molecule has 2 unspecified atom stereocenters. The molecule has 7 heteroatoms. The van der Waals surface area contributed by atoms with Crippen LogP contribution in [0.2, 0.25) is 0 Å². The highest BCUT2D eigenvalue weighted by atomic mass is 32.1. The minimum Gasteiger partial charge on any atom is -0.347 e. The van der Waals surface area contributed by atoms with Crippen LogP contribution in [-0.4, -0.2) is 36.0 Å². The molecule has 1 aromatic carbocycles. The summed E-state index contributed by atoms with van der Waals surface area (Å²) in [5.74, 6) is 0.376. The molecule has 144 valence electrons. The maximum absolute atomic E-state index is 12.9. The largest absolute Gasteiger partial charge is 0.416 e. The molecule has 4 heterocycles. The molecule has 3 aliphatic rings. The molecule has 0 saturated carbocycles. The molecule has 2 bridgehead atoms. The lowest BCUT2D eigenvalue weighted by Crippen LogP contribution is -2.62. The monoisotopic (exact) mass is 394 g/mol. The summed E-state index contributed by atoms with van der Waals surface area (Å²) < 4.78 is 38.8. The molecule has 0 radical (unpaired) electrons. The number of benzene rings is 1. The van der Waals surface area contributed by atoms with Crippen LogP contribution in [0.3, 0.4) is 0 Å². The highest BCUT2D eigenvalue weighted by Gasteiger charge is 2.40. The number of nitrogens with zero attached hydrogens (tertiary/aromatic N) is 1. The van der Waals surface area contributed by atoms with Gasteiger partial charge in [-0.1, -0.05) is 12.1 Å². The van der Waals surface area contributed by atoms with E-state index in [0.29, 0.717) is 27.3 Å². The van der Waals surface area contributed by atoms with Gasteiger partial charge in [0.2, 0.25) is 0 Å². The van der Waals surface area contributed by atoms with Crippen molar-refractivity contribution in [2.45, 2.75) is 38.0 Å². The van der Waals surface area contributed by atoms with Crippen LogP contribution in [0.5, 0.6) is 0 Å². The van der Waals surface area contributed by atoms with Crippen molar-refractivity contribution in [2.75, 3.05) is 13.1 Å². The minimum absolute atomic E-state index is 0.135. The topological polar surface area (TPSA) is 32.3 Å². The zero-order valence-corrected chi connectivity index (χ0v) is 15.7. The normalized spacial score (nSPS) is 27.6. The van der Waals surface area contributed by atoms with Crippen molar-refractivity contribution >= 4 is 17.2 Å². The van der Waals surface area contributed by atoms with Crippen molar-refractivity contribution in [3.05, 3.63) is 46.8 Å². The fourth-order valence-corrected chi connectivity index (χ4v) is 5.14. The molecule has 3 fully saturated rings. The number of nitrogens with one attached hydrogen (secondary N) is 1. The Kier molecular flexibility index (Phi) is 4.76. The molecular formula is C20H21F3N2OS. The lowest BCUT2D eigenvalue weighted by atomic mass is 9.79. The van der Waals surface area contributed by atoms with Gasteiger partial charge in [0.05, 0.1) is 10.4 Å². The number of piperidine rings is 3. The van der Waals surface area contributed by atoms with Gasteiger partial charge in [-0.2, -0.15) is 13.2 Å². The van der Waals surface area contributed by atoms with Crippen molar-refractivity contribution in [1.29, 1.82) is 0 Å². The summed E-state index contributed by atoms with van der Waals surface area (Å²) in [4.78, 5) is 16.3. The van der Waals surface area contributed by atoms with Gasteiger partial charge in [-0.3, -0.25) is 9.69 Å². The second-order valence-electron chi connectivity index (χ2n) is 7.36. The van der Waals surface area contributed by atoms with Crippen molar-refractivity contribution in [3.63, 3.8) is 0 Å². The first kappa shape index (κ1) is 18.5. The van der Waals surface area contributed by atoms with Gasteiger partial charge in [-0.15, -0.1) is 11.3 Å². The Balaban J connectivity index is 1.50. The van der Waals surface area contributed by atoms with Gasteiger partial charge in [0.25, 0.3) is 5.91 Å². The van der Waals surface area contributed by atoms with Crippen LogP contribution in [0.25, 0.3) is 10.4 Å². The Hall–Kier alpha value is -1.86. The molecule has 1 aromatic heterocycles. The van der Waals surface area contributed by atoms with E-state index in [1.54, 1.807) is 18.2 Å². The summed E-state index contributed by atoms with van der Waals surface area (Å²) >= 11 is 1.23. The van der Waals surface area contributed by atoms with Crippen LogP contribution >= 0.6 is 11.3 Å². The Bertz CT molecular complexity index is 838. The molecule has 2 aromatic rings. The van der Waals surface area contributed by atoms with E-state index in [9.17, 15) is 18.0 Å². The molecule has 3 aliphatic heterocycles. The SMILES string of the molecule is CC1C(NC(=O)c2ccc(-c3cccc(C(F)(F)F)c3)s2)C2CCN1CC2. The molecule has 0 aliphatic carbocycles. The third-order valence-electron chi connectivity index (χ3n) is 5.78. The van der Waals surface area contributed by atoms with Crippen molar-refractivity contribution in [1.82, 2.24) is 10.2 Å². The van der Waals surface area contributed by atoms with E-state index in [0.717, 1.165) is 38.1 Å². The highest BCUT2D eigenvalue weighted by Crippen LogP contribution is 2.35. The lowest BCUT2D eigenvalue weighted by molar-refractivity contribution is -0.137. The number of carbonyl (C=O) groups is 1. The van der Waals surface area contributed by atoms with E-state index in [-0.39, 0.29) is 11.9 Å². The quantitative estimate of drug-likeness (QED) is 0.822. The lowest BCUT2D eigenvalue weighted by Gasteiger charge is -2.49. The van der Waals surface area contributed by atoms with Crippen LogP contribution in [0.15, 0.2) is 36.4 Å². The molecule has 1 N–H and O–H groups in total. The zero-order valence-electron chi connectivity index (χ0n) is 14.9. The molecule has 3 nitrogen and oxygen atoms in total. The minimum atomic E-state index is -4.38. The average Bonchev–Trinajstić information content (AvgIpc) is 3.15. The molecule has 1 amide bonds. The number of carbonyl (C=O) groups excluding carboxylic acids is 1. The van der Waals surface area contributed by atoms with E-state index < -0.39 is 11.7 Å². The van der Waals surface area contributed by atoms with Crippen LogP contribution in [0, 0.1) is 5.92 Å². The fourth-order valence-electron chi connectivity index (χ4n) is 4.23. The number of hydrogen-bond donors (Lipinski definition) is 1. The maximum atomic E-state index is 12.9. The van der Waals surface area contributed by atoms with Gasteiger partial charge in [-0.05, 0) is 68.6 Å². The summed E-state index contributed by atoms with van der Waals surface area (Å²) in [5.41, 5.74) is -0.203. The first-order valence-electron chi connectivity index (χ1n) is 9.15. The highest BCUT2D eigenvalue weighted by molar-refractivity contribution is 7.17. The Morgan fingerprint density at radius 3 is 2.59 bits per heavy atom. The van der Waals surface area contributed by atoms with Gasteiger partial charge in [0.1, 0.15) is 0 Å². The molecular weight excluding hydrogens is 373 g/mol. The second kappa shape index (κ2) is 6.95. The third-order valence-corrected chi connectivity index (χ3v) is 6.91. The maximum Gasteiger partial charge on any atom is 0.416 e. The number of alkyl halides is 3. The van der Waals surface area contributed by atoms with Gasteiger partial charge >= 0.3 is 6.18 Å².